The van der Waals surface area contributed by atoms with Crippen LogP contribution >= 0.6 is 0 Å². The number of nitrogens with one attached hydrogen (secondary N) is 1. The van der Waals surface area contributed by atoms with Crippen LogP contribution in [-0.2, 0) is 17.8 Å². The van der Waals surface area contributed by atoms with Gasteiger partial charge in [-0.15, -0.1) is 0 Å². The smallest absolute Gasteiger partial charge is 0.410 e. The Kier molecular flexibility index (Phi) is 6.68. The highest BCUT2D eigenvalue weighted by Gasteiger charge is 2.19. The highest BCUT2D eigenvalue weighted by Crippen LogP contribution is 2.08. The molecule has 1 rings (SSSR count). The number of nitrogens with zero attached hydrogens (tertiary/aromatic N) is 3. The Morgan fingerprint density at radius 3 is 2.81 bits per heavy atom. The number of amides is 1. The van der Waals surface area contributed by atoms with Crippen LogP contribution in [0.15, 0.2) is 12.3 Å². The Labute approximate surface area is 127 Å². The van der Waals surface area contributed by atoms with Gasteiger partial charge in [0.2, 0.25) is 0 Å². The highest BCUT2D eigenvalue weighted by molar-refractivity contribution is 5.67. The zero-order chi connectivity index (χ0) is 15.9. The number of aromatic nitrogens is 2. The maximum atomic E-state index is 11.8. The molecule has 1 heterocycles. The number of rotatable bonds is 7. The maximum absolute atomic E-state index is 11.8. The second-order valence-electron chi connectivity index (χ2n) is 6.12. The van der Waals surface area contributed by atoms with Crippen LogP contribution in [0.2, 0.25) is 0 Å². The zero-order valence-corrected chi connectivity index (χ0v) is 13.8. The van der Waals surface area contributed by atoms with Crippen molar-refractivity contribution in [2.45, 2.75) is 52.8 Å². The van der Waals surface area contributed by atoms with Crippen LogP contribution in [0.1, 0.15) is 39.8 Å². The summed E-state index contributed by atoms with van der Waals surface area (Å²) in [7, 11) is 1.75. The van der Waals surface area contributed by atoms with Gasteiger partial charge in [0.25, 0.3) is 0 Å². The van der Waals surface area contributed by atoms with Crippen LogP contribution < -0.4 is 5.32 Å². The molecule has 1 aromatic rings. The molecule has 0 unspecified atom stereocenters. The van der Waals surface area contributed by atoms with Gasteiger partial charge in [-0.05, 0) is 33.3 Å². The minimum Gasteiger partial charge on any atom is -0.444 e. The quantitative estimate of drug-likeness (QED) is 0.784. The molecule has 0 fully saturated rings. The number of ether oxygens (including phenoxy) is 1. The number of hydrogen-bond donors (Lipinski definition) is 1. The molecule has 0 aromatic carbocycles. The van der Waals surface area contributed by atoms with E-state index in [0.29, 0.717) is 13.1 Å². The third-order valence-electron chi connectivity index (χ3n) is 2.88. The average Bonchev–Trinajstić information content (AvgIpc) is 2.80. The molecule has 1 amide bonds. The molecule has 0 spiro atoms. The van der Waals surface area contributed by atoms with Crippen molar-refractivity contribution in [3.05, 3.63) is 18.0 Å². The van der Waals surface area contributed by atoms with Crippen molar-refractivity contribution in [2.24, 2.45) is 0 Å². The molecule has 0 saturated carbocycles. The summed E-state index contributed by atoms with van der Waals surface area (Å²) in [4.78, 5) is 13.4. The molecule has 6 heteroatoms. The molecule has 0 saturated heterocycles. The van der Waals surface area contributed by atoms with Gasteiger partial charge in [-0.2, -0.15) is 5.10 Å². The van der Waals surface area contributed by atoms with Gasteiger partial charge in [0.15, 0.2) is 0 Å². The molecule has 0 aliphatic rings. The molecule has 0 bridgehead atoms. The molecule has 1 aromatic heterocycles. The first-order valence-electron chi connectivity index (χ1n) is 7.49. The highest BCUT2D eigenvalue weighted by atomic mass is 16.6. The molecule has 0 atom stereocenters. The van der Waals surface area contributed by atoms with Crippen LogP contribution in [0.4, 0.5) is 4.79 Å². The van der Waals surface area contributed by atoms with E-state index >= 15 is 0 Å². The number of hydrogen-bond acceptors (Lipinski definition) is 4. The second kappa shape index (κ2) is 8.02. The molecular weight excluding hydrogens is 268 g/mol. The predicted molar refractivity (Wildman–Crippen MR) is 83.1 cm³/mol. The molecular formula is C15H28N4O2. The summed E-state index contributed by atoms with van der Waals surface area (Å²) in [6.45, 7) is 10.7. The lowest BCUT2D eigenvalue weighted by atomic mass is 10.2. The summed E-state index contributed by atoms with van der Waals surface area (Å²) in [5, 5.41) is 7.61. The summed E-state index contributed by atoms with van der Waals surface area (Å²) in [5.41, 5.74) is 0.711. The van der Waals surface area contributed by atoms with E-state index < -0.39 is 5.60 Å². The summed E-state index contributed by atoms with van der Waals surface area (Å²) in [6, 6.07) is 2.01. The van der Waals surface area contributed by atoms with Gasteiger partial charge < -0.3 is 15.0 Å². The minimum absolute atomic E-state index is 0.291. The molecule has 0 radical (unpaired) electrons. The van der Waals surface area contributed by atoms with E-state index in [9.17, 15) is 4.79 Å². The molecule has 1 N–H and O–H groups in total. The Hall–Kier alpha value is -1.56. The third kappa shape index (κ3) is 6.62. The molecule has 21 heavy (non-hydrogen) atoms. The molecule has 0 aliphatic heterocycles. The van der Waals surface area contributed by atoms with E-state index in [1.54, 1.807) is 11.9 Å². The van der Waals surface area contributed by atoms with Gasteiger partial charge in [-0.3, -0.25) is 4.68 Å². The van der Waals surface area contributed by atoms with Gasteiger partial charge in [0.1, 0.15) is 5.60 Å². The summed E-state index contributed by atoms with van der Waals surface area (Å²) >= 11 is 0. The largest absolute Gasteiger partial charge is 0.444 e. The summed E-state index contributed by atoms with van der Waals surface area (Å²) < 4.78 is 7.30. The number of carbonyl (C=O) groups excluding carboxylic acids is 1. The lowest BCUT2D eigenvalue weighted by Crippen LogP contribution is -2.38. The number of likely N-dealkylation sites (N-methyl/N-ethyl adjacent to an activating group) is 1. The Balaban J connectivity index is 2.27. The van der Waals surface area contributed by atoms with E-state index in [4.69, 9.17) is 4.74 Å². The fraction of sp³-hybridized carbons (Fsp3) is 0.733. The fourth-order valence-electron chi connectivity index (χ4n) is 1.82. The molecule has 0 aliphatic carbocycles. The van der Waals surface area contributed by atoms with Crippen molar-refractivity contribution in [1.82, 2.24) is 20.0 Å². The van der Waals surface area contributed by atoms with Crippen molar-refractivity contribution < 1.29 is 9.53 Å². The van der Waals surface area contributed by atoms with Crippen molar-refractivity contribution >= 4 is 6.09 Å². The topological polar surface area (TPSA) is 59.4 Å². The fourth-order valence-corrected chi connectivity index (χ4v) is 1.82. The first-order valence-corrected chi connectivity index (χ1v) is 7.49. The van der Waals surface area contributed by atoms with E-state index in [1.807, 2.05) is 37.7 Å². The zero-order valence-electron chi connectivity index (χ0n) is 13.8. The van der Waals surface area contributed by atoms with Crippen LogP contribution in [-0.4, -0.2) is 46.5 Å². The number of aryl methyl sites for hydroxylation is 1. The third-order valence-corrected chi connectivity index (χ3v) is 2.88. The first-order chi connectivity index (χ1) is 9.83. The van der Waals surface area contributed by atoms with Crippen LogP contribution in [0.5, 0.6) is 0 Å². The first kappa shape index (κ1) is 17.5. The Bertz CT molecular complexity index is 437. The maximum Gasteiger partial charge on any atom is 0.410 e. The summed E-state index contributed by atoms with van der Waals surface area (Å²) in [6.07, 6.45) is 2.59. The van der Waals surface area contributed by atoms with E-state index in [1.165, 1.54) is 0 Å². The van der Waals surface area contributed by atoms with Crippen molar-refractivity contribution in [2.75, 3.05) is 20.1 Å². The minimum atomic E-state index is -0.453. The monoisotopic (exact) mass is 296 g/mol. The van der Waals surface area contributed by atoms with Crippen molar-refractivity contribution in [3.63, 3.8) is 0 Å². The standard InChI is InChI=1S/C15H28N4O2/c1-6-10-19-13(7-8-17-19)12-16-9-11-18(5)14(20)21-15(2,3)4/h7-8,16H,6,9-12H2,1-5H3. The molecule has 120 valence electrons. The van der Waals surface area contributed by atoms with Gasteiger partial charge in [0.05, 0.1) is 5.69 Å². The average molecular weight is 296 g/mol. The Morgan fingerprint density at radius 1 is 1.48 bits per heavy atom. The van der Waals surface area contributed by atoms with Gasteiger partial charge in [0, 0.05) is 39.4 Å². The van der Waals surface area contributed by atoms with Crippen LogP contribution in [0.25, 0.3) is 0 Å². The number of carbonyl (C=O) groups is 1. The normalized spacial score (nSPS) is 11.5. The second-order valence-corrected chi connectivity index (χ2v) is 6.12. The van der Waals surface area contributed by atoms with E-state index in [0.717, 1.165) is 25.2 Å². The lowest BCUT2D eigenvalue weighted by Gasteiger charge is -2.24. The van der Waals surface area contributed by atoms with Crippen molar-refractivity contribution in [1.29, 1.82) is 0 Å². The van der Waals surface area contributed by atoms with Gasteiger partial charge >= 0.3 is 6.09 Å². The summed E-state index contributed by atoms with van der Waals surface area (Å²) in [5.74, 6) is 0. The van der Waals surface area contributed by atoms with Crippen LogP contribution in [0.3, 0.4) is 0 Å². The van der Waals surface area contributed by atoms with Crippen LogP contribution in [0, 0.1) is 0 Å². The van der Waals surface area contributed by atoms with Crippen molar-refractivity contribution in [3.8, 4) is 0 Å². The van der Waals surface area contributed by atoms with E-state index in [-0.39, 0.29) is 6.09 Å². The SMILES string of the molecule is CCCn1nccc1CNCCN(C)C(=O)OC(C)(C)C. The van der Waals surface area contributed by atoms with E-state index in [2.05, 4.69) is 17.3 Å². The Morgan fingerprint density at radius 2 is 2.19 bits per heavy atom. The van der Waals surface area contributed by atoms with Gasteiger partial charge in [-0.1, -0.05) is 6.92 Å². The lowest BCUT2D eigenvalue weighted by molar-refractivity contribution is 0.0300. The molecule has 6 nitrogen and oxygen atoms in total. The van der Waals surface area contributed by atoms with Gasteiger partial charge in [-0.25, -0.2) is 4.79 Å². The predicted octanol–water partition coefficient (Wildman–Crippen LogP) is 2.25.